The van der Waals surface area contributed by atoms with E-state index in [9.17, 15) is 4.79 Å². The molecule has 0 radical (unpaired) electrons. The van der Waals surface area contributed by atoms with Crippen LogP contribution in [0.5, 0.6) is 0 Å². The van der Waals surface area contributed by atoms with Gasteiger partial charge in [0.15, 0.2) is 0 Å². The van der Waals surface area contributed by atoms with Crippen molar-refractivity contribution in [1.82, 2.24) is 15.3 Å². The van der Waals surface area contributed by atoms with Gasteiger partial charge in [0.25, 0.3) is 5.91 Å². The number of nitrogens with one attached hydrogen (secondary N) is 1. The maximum atomic E-state index is 12.0. The number of hydrogen-bond donors (Lipinski definition) is 1. The van der Waals surface area contributed by atoms with E-state index in [4.69, 9.17) is 16.3 Å². The summed E-state index contributed by atoms with van der Waals surface area (Å²) in [6.07, 6.45) is 1.71. The fraction of sp³-hybridized carbons (Fsp3) is 0.357. The van der Waals surface area contributed by atoms with Crippen LogP contribution in [0.25, 0.3) is 0 Å². The molecule has 8 heteroatoms. The van der Waals surface area contributed by atoms with Crippen molar-refractivity contribution >= 4 is 34.8 Å². The molecule has 116 valence electrons. The zero-order valence-corrected chi connectivity index (χ0v) is 13.4. The van der Waals surface area contributed by atoms with Gasteiger partial charge in [-0.25, -0.2) is 9.97 Å². The molecule has 2 aromatic heterocycles. The molecule has 3 heterocycles. The second-order valence-corrected chi connectivity index (χ2v) is 6.45. The number of ether oxygens (including phenoxy) is 1. The number of morpholine rings is 1. The molecule has 22 heavy (non-hydrogen) atoms. The Morgan fingerprint density at radius 1 is 1.36 bits per heavy atom. The van der Waals surface area contributed by atoms with Gasteiger partial charge < -0.3 is 15.0 Å². The average molecular weight is 339 g/mol. The summed E-state index contributed by atoms with van der Waals surface area (Å²) in [5, 5.41) is 2.84. The molecule has 1 N–H and O–H groups in total. The maximum absolute atomic E-state index is 12.0. The molecule has 1 amide bonds. The topological polar surface area (TPSA) is 67.4 Å². The van der Waals surface area contributed by atoms with E-state index in [2.05, 4.69) is 20.2 Å². The van der Waals surface area contributed by atoms with Crippen molar-refractivity contribution in [3.05, 3.63) is 39.3 Å². The SMILES string of the molecule is O=C(NCc1ccnc(N2CCOCC2)n1)c1ccc(Cl)s1. The zero-order valence-electron chi connectivity index (χ0n) is 11.8. The van der Waals surface area contributed by atoms with E-state index < -0.39 is 0 Å². The Bertz CT molecular complexity index is 658. The summed E-state index contributed by atoms with van der Waals surface area (Å²) in [4.78, 5) is 23.4. The summed E-state index contributed by atoms with van der Waals surface area (Å²) in [7, 11) is 0. The lowest BCUT2D eigenvalue weighted by Gasteiger charge is -2.26. The molecule has 1 fully saturated rings. The fourth-order valence-corrected chi connectivity index (χ4v) is 3.05. The molecule has 3 rings (SSSR count). The highest BCUT2D eigenvalue weighted by atomic mass is 35.5. The third kappa shape index (κ3) is 3.73. The quantitative estimate of drug-likeness (QED) is 0.923. The lowest BCUT2D eigenvalue weighted by atomic mass is 10.3. The normalized spacial score (nSPS) is 14.9. The molecule has 0 atom stereocenters. The number of nitrogens with zero attached hydrogens (tertiary/aromatic N) is 3. The van der Waals surface area contributed by atoms with Crippen LogP contribution in [-0.4, -0.2) is 42.2 Å². The second-order valence-electron chi connectivity index (χ2n) is 4.73. The van der Waals surface area contributed by atoms with Crippen LogP contribution in [0.15, 0.2) is 24.4 Å². The average Bonchev–Trinajstić information content (AvgIpc) is 3.00. The number of carbonyl (C=O) groups excluding carboxylic acids is 1. The Balaban J connectivity index is 1.61. The van der Waals surface area contributed by atoms with E-state index in [-0.39, 0.29) is 5.91 Å². The van der Waals surface area contributed by atoms with Gasteiger partial charge in [-0.2, -0.15) is 0 Å². The highest BCUT2D eigenvalue weighted by molar-refractivity contribution is 7.17. The molecule has 0 unspecified atom stereocenters. The molecule has 6 nitrogen and oxygen atoms in total. The van der Waals surface area contributed by atoms with E-state index in [0.717, 1.165) is 18.8 Å². The van der Waals surface area contributed by atoms with Crippen molar-refractivity contribution in [1.29, 1.82) is 0 Å². The van der Waals surface area contributed by atoms with Gasteiger partial charge in [0.05, 0.1) is 34.7 Å². The molecule has 0 aromatic carbocycles. The molecule has 1 aliphatic rings. The van der Waals surface area contributed by atoms with Crippen molar-refractivity contribution in [3.63, 3.8) is 0 Å². The minimum Gasteiger partial charge on any atom is -0.378 e. The monoisotopic (exact) mass is 338 g/mol. The van der Waals surface area contributed by atoms with Crippen LogP contribution in [-0.2, 0) is 11.3 Å². The predicted octanol–water partition coefficient (Wildman–Crippen LogP) is 1.96. The number of halogens is 1. The van der Waals surface area contributed by atoms with Gasteiger partial charge in [-0.05, 0) is 18.2 Å². The van der Waals surface area contributed by atoms with E-state index in [0.29, 0.717) is 34.9 Å². The van der Waals surface area contributed by atoms with Gasteiger partial charge >= 0.3 is 0 Å². The zero-order chi connectivity index (χ0) is 15.4. The molecular formula is C14H15ClN4O2S. The largest absolute Gasteiger partial charge is 0.378 e. The summed E-state index contributed by atoms with van der Waals surface area (Å²) in [6, 6.07) is 5.22. The minimum atomic E-state index is -0.150. The van der Waals surface area contributed by atoms with Crippen LogP contribution in [0.1, 0.15) is 15.4 Å². The summed E-state index contributed by atoms with van der Waals surface area (Å²) < 4.78 is 5.92. The Morgan fingerprint density at radius 3 is 2.91 bits per heavy atom. The van der Waals surface area contributed by atoms with Crippen LogP contribution < -0.4 is 10.2 Å². The van der Waals surface area contributed by atoms with Gasteiger partial charge in [0.1, 0.15) is 0 Å². The number of hydrogen-bond acceptors (Lipinski definition) is 6. The molecule has 0 spiro atoms. The van der Waals surface area contributed by atoms with Crippen molar-refractivity contribution in [3.8, 4) is 0 Å². The molecule has 1 aliphatic heterocycles. The van der Waals surface area contributed by atoms with E-state index in [1.807, 2.05) is 0 Å². The number of carbonyl (C=O) groups is 1. The minimum absolute atomic E-state index is 0.150. The van der Waals surface area contributed by atoms with Gasteiger partial charge in [-0.15, -0.1) is 11.3 Å². The smallest absolute Gasteiger partial charge is 0.261 e. The summed E-state index contributed by atoms with van der Waals surface area (Å²) >= 11 is 7.09. The lowest BCUT2D eigenvalue weighted by Crippen LogP contribution is -2.37. The lowest BCUT2D eigenvalue weighted by molar-refractivity contribution is 0.0954. The van der Waals surface area contributed by atoms with Gasteiger partial charge in [0.2, 0.25) is 5.95 Å². The van der Waals surface area contributed by atoms with Crippen LogP contribution in [0.4, 0.5) is 5.95 Å². The second kappa shape index (κ2) is 7.04. The fourth-order valence-electron chi connectivity index (χ4n) is 2.09. The van der Waals surface area contributed by atoms with Crippen molar-refractivity contribution in [2.45, 2.75) is 6.54 Å². The Labute approximate surface area is 137 Å². The third-order valence-corrected chi connectivity index (χ3v) is 4.45. The van der Waals surface area contributed by atoms with E-state index >= 15 is 0 Å². The van der Waals surface area contributed by atoms with Crippen LogP contribution >= 0.6 is 22.9 Å². The first-order valence-electron chi connectivity index (χ1n) is 6.90. The Morgan fingerprint density at radius 2 is 2.18 bits per heavy atom. The van der Waals surface area contributed by atoms with E-state index in [1.54, 1.807) is 24.4 Å². The molecule has 1 saturated heterocycles. The molecule has 2 aromatic rings. The highest BCUT2D eigenvalue weighted by Crippen LogP contribution is 2.21. The first-order valence-corrected chi connectivity index (χ1v) is 8.10. The molecular weight excluding hydrogens is 324 g/mol. The number of aromatic nitrogens is 2. The van der Waals surface area contributed by atoms with Crippen molar-refractivity contribution in [2.24, 2.45) is 0 Å². The first kappa shape index (κ1) is 15.2. The summed E-state index contributed by atoms with van der Waals surface area (Å²) in [6.45, 7) is 3.29. The number of amides is 1. The first-order chi connectivity index (χ1) is 10.7. The summed E-state index contributed by atoms with van der Waals surface area (Å²) in [5.41, 5.74) is 0.771. The Hall–Kier alpha value is -1.70. The van der Waals surface area contributed by atoms with Crippen LogP contribution in [0, 0.1) is 0 Å². The standard InChI is InChI=1S/C14H15ClN4O2S/c15-12-2-1-11(22-12)13(20)17-9-10-3-4-16-14(18-10)19-5-7-21-8-6-19/h1-4H,5-9H2,(H,17,20). The maximum Gasteiger partial charge on any atom is 0.261 e. The number of thiophene rings is 1. The van der Waals surface area contributed by atoms with Gasteiger partial charge in [-0.1, -0.05) is 11.6 Å². The van der Waals surface area contributed by atoms with Crippen molar-refractivity contribution in [2.75, 3.05) is 31.2 Å². The molecule has 0 saturated carbocycles. The molecule has 0 aliphatic carbocycles. The van der Waals surface area contributed by atoms with Gasteiger partial charge in [-0.3, -0.25) is 4.79 Å². The third-order valence-electron chi connectivity index (χ3n) is 3.22. The Kier molecular flexibility index (Phi) is 4.87. The van der Waals surface area contributed by atoms with Crippen molar-refractivity contribution < 1.29 is 9.53 Å². The van der Waals surface area contributed by atoms with E-state index in [1.165, 1.54) is 11.3 Å². The summed E-state index contributed by atoms with van der Waals surface area (Å²) in [5.74, 6) is 0.526. The molecule has 0 bridgehead atoms. The predicted molar refractivity (Wildman–Crippen MR) is 85.6 cm³/mol. The number of rotatable bonds is 4. The van der Waals surface area contributed by atoms with Gasteiger partial charge in [0, 0.05) is 19.3 Å². The number of anilines is 1. The highest BCUT2D eigenvalue weighted by Gasteiger charge is 2.14. The van der Waals surface area contributed by atoms with Crippen LogP contribution in [0.2, 0.25) is 4.34 Å². The van der Waals surface area contributed by atoms with Crippen LogP contribution in [0.3, 0.4) is 0 Å².